The van der Waals surface area contributed by atoms with Gasteiger partial charge in [-0.05, 0) is 48.4 Å². The molecule has 0 aliphatic carbocycles. The number of ether oxygens (including phenoxy) is 1. The average Bonchev–Trinajstić information content (AvgIpc) is 3.39. The van der Waals surface area contributed by atoms with Crippen LogP contribution < -0.4 is 15.6 Å². The molecule has 2 aliphatic heterocycles. The van der Waals surface area contributed by atoms with Crippen LogP contribution in [0.25, 0.3) is 0 Å². The van der Waals surface area contributed by atoms with Gasteiger partial charge in [0.2, 0.25) is 5.91 Å². The number of benzene rings is 3. The molecule has 3 aromatic rings. The summed E-state index contributed by atoms with van der Waals surface area (Å²) in [6, 6.07) is 15.9. The Balaban J connectivity index is 1.51. The number of carbonyl (C=O) groups is 1. The lowest BCUT2D eigenvalue weighted by molar-refractivity contribution is -0.130. The monoisotopic (exact) mass is 465 g/mol. The quantitative estimate of drug-likeness (QED) is 0.519. The molecule has 1 amide bonds. The molecule has 0 spiro atoms. The number of rotatable bonds is 6. The molecule has 5 rings (SSSR count). The standard InChI is InChI=1S/C26H25F2N3O3/c1-34-17-9-6-15(7-10-17)12-13-31-25(18-4-2-3-5-20(18)28)22-23(29-30-24(22)26(31)33)19-14-16(27)8-11-21(19)32/h2-11,14,22-25,29-30,32H,12-13H2,1H3. The Hall–Kier alpha value is -3.49. The molecule has 3 N–H and O–H groups in total. The zero-order valence-electron chi connectivity index (χ0n) is 18.5. The molecule has 2 fully saturated rings. The first-order valence-corrected chi connectivity index (χ1v) is 11.1. The van der Waals surface area contributed by atoms with Crippen molar-refractivity contribution in [3.05, 3.63) is 95.1 Å². The van der Waals surface area contributed by atoms with E-state index in [2.05, 4.69) is 10.9 Å². The number of methoxy groups -OCH3 is 1. The van der Waals surface area contributed by atoms with Crippen LogP contribution in [-0.4, -0.2) is 35.6 Å². The van der Waals surface area contributed by atoms with Crippen molar-refractivity contribution in [3.8, 4) is 11.5 Å². The van der Waals surface area contributed by atoms with Crippen LogP contribution in [0.5, 0.6) is 11.5 Å². The summed E-state index contributed by atoms with van der Waals surface area (Å²) in [5.41, 5.74) is 7.79. The van der Waals surface area contributed by atoms with E-state index in [1.54, 1.807) is 30.2 Å². The minimum atomic E-state index is -0.645. The number of aromatic hydroxyl groups is 1. The normalized spacial score (nSPS) is 23.9. The van der Waals surface area contributed by atoms with Crippen molar-refractivity contribution >= 4 is 5.91 Å². The SMILES string of the molecule is COc1ccc(CCN2C(=O)C3NNC(c4cc(F)ccc4O)C3C2c2ccccc2F)cc1. The van der Waals surface area contributed by atoms with Gasteiger partial charge in [-0.25, -0.2) is 19.6 Å². The minimum absolute atomic E-state index is 0.0854. The number of fused-ring (bicyclic) bond motifs is 1. The van der Waals surface area contributed by atoms with E-state index >= 15 is 4.39 Å². The minimum Gasteiger partial charge on any atom is -0.508 e. The Bertz CT molecular complexity index is 1200. The molecule has 176 valence electrons. The number of hydrogen-bond donors (Lipinski definition) is 3. The number of likely N-dealkylation sites (tertiary alicyclic amines) is 1. The van der Waals surface area contributed by atoms with Gasteiger partial charge in [-0.1, -0.05) is 30.3 Å². The summed E-state index contributed by atoms with van der Waals surface area (Å²) >= 11 is 0. The van der Waals surface area contributed by atoms with Crippen LogP contribution >= 0.6 is 0 Å². The molecule has 3 aromatic carbocycles. The van der Waals surface area contributed by atoms with Gasteiger partial charge in [0.25, 0.3) is 0 Å². The second-order valence-corrected chi connectivity index (χ2v) is 8.62. The van der Waals surface area contributed by atoms with E-state index in [-0.39, 0.29) is 11.7 Å². The third-order valence-corrected chi connectivity index (χ3v) is 6.76. The number of nitrogens with one attached hydrogen (secondary N) is 2. The van der Waals surface area contributed by atoms with Crippen LogP contribution in [-0.2, 0) is 11.2 Å². The van der Waals surface area contributed by atoms with Gasteiger partial charge in [0.1, 0.15) is 29.2 Å². The van der Waals surface area contributed by atoms with E-state index in [4.69, 9.17) is 4.74 Å². The van der Waals surface area contributed by atoms with Crippen molar-refractivity contribution in [1.29, 1.82) is 0 Å². The highest BCUT2D eigenvalue weighted by molar-refractivity contribution is 5.86. The molecule has 4 atom stereocenters. The molecule has 34 heavy (non-hydrogen) atoms. The second kappa shape index (κ2) is 9.04. The van der Waals surface area contributed by atoms with Crippen LogP contribution in [0.1, 0.15) is 28.8 Å². The Kier molecular flexibility index (Phi) is 5.93. The lowest BCUT2D eigenvalue weighted by Crippen LogP contribution is -2.42. The lowest BCUT2D eigenvalue weighted by Gasteiger charge is -2.31. The molecule has 4 unspecified atom stereocenters. The summed E-state index contributed by atoms with van der Waals surface area (Å²) in [5.74, 6) is -0.887. The largest absolute Gasteiger partial charge is 0.508 e. The fourth-order valence-electron chi connectivity index (χ4n) is 5.12. The number of phenolic OH excluding ortho intramolecular Hbond substituents is 1. The van der Waals surface area contributed by atoms with Crippen LogP contribution in [0, 0.1) is 17.6 Å². The Morgan fingerprint density at radius 1 is 0.971 bits per heavy atom. The van der Waals surface area contributed by atoms with E-state index in [0.717, 1.165) is 11.3 Å². The zero-order chi connectivity index (χ0) is 23.8. The van der Waals surface area contributed by atoms with Crippen molar-refractivity contribution in [2.75, 3.05) is 13.7 Å². The molecule has 8 heteroatoms. The third-order valence-electron chi connectivity index (χ3n) is 6.76. The first-order chi connectivity index (χ1) is 16.5. The van der Waals surface area contributed by atoms with Gasteiger partial charge in [-0.2, -0.15) is 0 Å². The summed E-state index contributed by atoms with van der Waals surface area (Å²) in [4.78, 5) is 15.2. The lowest BCUT2D eigenvalue weighted by atomic mass is 9.83. The highest BCUT2D eigenvalue weighted by Crippen LogP contribution is 2.49. The zero-order valence-corrected chi connectivity index (χ0v) is 18.5. The topological polar surface area (TPSA) is 73.8 Å². The van der Waals surface area contributed by atoms with Crippen molar-refractivity contribution in [2.45, 2.75) is 24.5 Å². The maximum Gasteiger partial charge on any atom is 0.242 e. The Labute approximate surface area is 196 Å². The van der Waals surface area contributed by atoms with Crippen LogP contribution in [0.4, 0.5) is 8.78 Å². The number of hydrogen-bond acceptors (Lipinski definition) is 5. The second-order valence-electron chi connectivity index (χ2n) is 8.62. The van der Waals surface area contributed by atoms with Gasteiger partial charge in [-0.3, -0.25) is 4.79 Å². The Morgan fingerprint density at radius 3 is 2.44 bits per heavy atom. The van der Waals surface area contributed by atoms with Crippen molar-refractivity contribution in [2.24, 2.45) is 5.92 Å². The highest BCUT2D eigenvalue weighted by Gasteiger charge is 2.56. The predicted molar refractivity (Wildman–Crippen MR) is 122 cm³/mol. The molecular formula is C26H25F2N3O3. The van der Waals surface area contributed by atoms with E-state index < -0.39 is 35.7 Å². The van der Waals surface area contributed by atoms with Gasteiger partial charge in [-0.15, -0.1) is 0 Å². The number of carbonyl (C=O) groups excluding carboxylic acids is 1. The van der Waals surface area contributed by atoms with Gasteiger partial charge >= 0.3 is 0 Å². The Morgan fingerprint density at radius 2 is 1.71 bits per heavy atom. The highest BCUT2D eigenvalue weighted by atomic mass is 19.1. The summed E-state index contributed by atoms with van der Waals surface area (Å²) in [6.07, 6.45) is 0.573. The van der Waals surface area contributed by atoms with Crippen LogP contribution in [0.3, 0.4) is 0 Å². The fourth-order valence-corrected chi connectivity index (χ4v) is 5.12. The maximum atomic E-state index is 15.0. The van der Waals surface area contributed by atoms with E-state index in [1.165, 1.54) is 24.3 Å². The van der Waals surface area contributed by atoms with Crippen LogP contribution in [0.2, 0.25) is 0 Å². The number of halogens is 2. The molecule has 2 aliphatic rings. The van der Waals surface area contributed by atoms with Gasteiger partial charge in [0.15, 0.2) is 0 Å². The third kappa shape index (κ3) is 3.89. The first kappa shape index (κ1) is 22.3. The van der Waals surface area contributed by atoms with E-state index in [1.807, 2.05) is 24.3 Å². The average molecular weight is 466 g/mol. The molecule has 0 aromatic heterocycles. The van der Waals surface area contributed by atoms with E-state index in [9.17, 15) is 14.3 Å². The number of nitrogens with zero attached hydrogens (tertiary/aromatic N) is 1. The summed E-state index contributed by atoms with van der Waals surface area (Å²) in [6.45, 7) is 0.376. The van der Waals surface area contributed by atoms with Gasteiger partial charge < -0.3 is 14.7 Å². The molecule has 0 bridgehead atoms. The molecule has 6 nitrogen and oxygen atoms in total. The predicted octanol–water partition coefficient (Wildman–Crippen LogP) is 3.64. The first-order valence-electron chi connectivity index (χ1n) is 11.1. The van der Waals surface area contributed by atoms with Gasteiger partial charge in [0, 0.05) is 23.6 Å². The van der Waals surface area contributed by atoms with Crippen molar-refractivity contribution < 1.29 is 23.4 Å². The maximum absolute atomic E-state index is 15.0. The fraction of sp³-hybridized carbons (Fsp3) is 0.269. The number of phenols is 1. The summed E-state index contributed by atoms with van der Waals surface area (Å²) < 4.78 is 34.3. The number of amides is 1. The number of hydrazine groups is 1. The van der Waals surface area contributed by atoms with E-state index in [0.29, 0.717) is 24.1 Å². The summed E-state index contributed by atoms with van der Waals surface area (Å²) in [5, 5.41) is 10.4. The van der Waals surface area contributed by atoms with Gasteiger partial charge in [0.05, 0.1) is 19.2 Å². The molecule has 0 radical (unpaired) electrons. The molecule has 2 heterocycles. The smallest absolute Gasteiger partial charge is 0.242 e. The molecule has 0 saturated carbocycles. The molecular weight excluding hydrogens is 440 g/mol. The van der Waals surface area contributed by atoms with Crippen LogP contribution in [0.15, 0.2) is 66.7 Å². The van der Waals surface area contributed by atoms with Crippen molar-refractivity contribution in [3.63, 3.8) is 0 Å². The van der Waals surface area contributed by atoms with Crippen molar-refractivity contribution in [1.82, 2.24) is 15.8 Å². The molecule has 2 saturated heterocycles. The summed E-state index contributed by atoms with van der Waals surface area (Å²) in [7, 11) is 1.60.